The Morgan fingerprint density at radius 1 is 0.952 bits per heavy atom. The zero-order valence-corrected chi connectivity index (χ0v) is 12.7. The lowest BCUT2D eigenvalue weighted by atomic mass is 10.2. The first-order chi connectivity index (χ1) is 10.1. The van der Waals surface area contributed by atoms with Gasteiger partial charge in [-0.1, -0.05) is 23.7 Å². The van der Waals surface area contributed by atoms with Crippen LogP contribution in [-0.2, 0) is 0 Å². The average Bonchev–Trinajstić information content (AvgIpc) is 2.47. The molecular weight excluding hydrogens is 282 g/mol. The molecule has 0 fully saturated rings. The van der Waals surface area contributed by atoms with Crippen molar-refractivity contribution in [1.29, 1.82) is 0 Å². The molecule has 3 rings (SSSR count). The smallest absolute Gasteiger partial charge is 0.162 e. The molecule has 0 radical (unpaired) electrons. The van der Waals surface area contributed by atoms with Gasteiger partial charge >= 0.3 is 0 Å². The summed E-state index contributed by atoms with van der Waals surface area (Å²) in [4.78, 5) is 9.32. The van der Waals surface area contributed by atoms with E-state index < -0.39 is 0 Å². The SMILES string of the molecule is CC(C)Nc1nc(-c2ccc(Cl)cc2)nc2ccccc12. The fourth-order valence-electron chi connectivity index (χ4n) is 2.19. The second-order valence-electron chi connectivity index (χ2n) is 5.22. The van der Waals surface area contributed by atoms with Gasteiger partial charge in [-0.15, -0.1) is 0 Å². The van der Waals surface area contributed by atoms with Crippen LogP contribution in [0.3, 0.4) is 0 Å². The van der Waals surface area contributed by atoms with Gasteiger partial charge in [-0.25, -0.2) is 9.97 Å². The maximum Gasteiger partial charge on any atom is 0.162 e. The number of benzene rings is 2. The minimum atomic E-state index is 0.307. The van der Waals surface area contributed by atoms with Crippen molar-refractivity contribution in [1.82, 2.24) is 9.97 Å². The summed E-state index contributed by atoms with van der Waals surface area (Å²) in [5.74, 6) is 1.56. The van der Waals surface area contributed by atoms with Gasteiger partial charge in [0.15, 0.2) is 5.82 Å². The van der Waals surface area contributed by atoms with Gasteiger partial charge in [-0.2, -0.15) is 0 Å². The highest BCUT2D eigenvalue weighted by Crippen LogP contribution is 2.26. The van der Waals surface area contributed by atoms with E-state index in [2.05, 4.69) is 29.1 Å². The summed E-state index contributed by atoms with van der Waals surface area (Å²) in [6, 6.07) is 15.9. The van der Waals surface area contributed by atoms with E-state index in [0.717, 1.165) is 22.3 Å². The molecule has 0 aliphatic carbocycles. The number of nitrogens with zero attached hydrogens (tertiary/aromatic N) is 2. The Morgan fingerprint density at radius 2 is 1.67 bits per heavy atom. The minimum absolute atomic E-state index is 0.307. The minimum Gasteiger partial charge on any atom is -0.367 e. The molecule has 1 aromatic heterocycles. The third-order valence-electron chi connectivity index (χ3n) is 3.13. The lowest BCUT2D eigenvalue weighted by Crippen LogP contribution is -2.12. The summed E-state index contributed by atoms with van der Waals surface area (Å²) in [5.41, 5.74) is 1.89. The Balaban J connectivity index is 2.17. The number of aromatic nitrogens is 2. The number of hydrogen-bond acceptors (Lipinski definition) is 3. The zero-order valence-electron chi connectivity index (χ0n) is 12.0. The van der Waals surface area contributed by atoms with Crippen LogP contribution in [0.25, 0.3) is 22.3 Å². The second kappa shape index (κ2) is 5.70. The molecule has 0 amide bonds. The van der Waals surface area contributed by atoms with Gasteiger partial charge in [0.1, 0.15) is 5.82 Å². The molecule has 1 N–H and O–H groups in total. The molecule has 3 nitrogen and oxygen atoms in total. The van der Waals surface area contributed by atoms with Gasteiger partial charge in [-0.3, -0.25) is 0 Å². The van der Waals surface area contributed by atoms with E-state index in [0.29, 0.717) is 16.9 Å². The van der Waals surface area contributed by atoms with Crippen LogP contribution in [0.2, 0.25) is 5.02 Å². The van der Waals surface area contributed by atoms with Gasteiger partial charge in [0.05, 0.1) is 5.52 Å². The van der Waals surface area contributed by atoms with Crippen LogP contribution < -0.4 is 5.32 Å². The standard InChI is InChI=1S/C17H16ClN3/c1-11(2)19-17-14-5-3-4-6-15(14)20-16(21-17)12-7-9-13(18)10-8-12/h3-11H,1-2H3,(H,19,20,21). The number of hydrogen-bond donors (Lipinski definition) is 1. The lowest BCUT2D eigenvalue weighted by Gasteiger charge is -2.13. The highest BCUT2D eigenvalue weighted by atomic mass is 35.5. The van der Waals surface area contributed by atoms with Crippen molar-refractivity contribution in [2.24, 2.45) is 0 Å². The third-order valence-corrected chi connectivity index (χ3v) is 3.38. The summed E-state index contributed by atoms with van der Waals surface area (Å²) in [6.07, 6.45) is 0. The van der Waals surface area contributed by atoms with E-state index in [1.807, 2.05) is 48.5 Å². The molecule has 4 heteroatoms. The largest absolute Gasteiger partial charge is 0.367 e. The molecule has 0 aliphatic rings. The van der Waals surface area contributed by atoms with E-state index in [1.165, 1.54) is 0 Å². The Morgan fingerprint density at radius 3 is 2.38 bits per heavy atom. The summed E-state index contributed by atoms with van der Waals surface area (Å²) < 4.78 is 0. The summed E-state index contributed by atoms with van der Waals surface area (Å²) in [6.45, 7) is 4.19. The highest BCUT2D eigenvalue weighted by Gasteiger charge is 2.09. The molecule has 0 spiro atoms. The van der Waals surface area contributed by atoms with E-state index in [1.54, 1.807) is 0 Å². The zero-order chi connectivity index (χ0) is 14.8. The van der Waals surface area contributed by atoms with Gasteiger partial charge in [0.2, 0.25) is 0 Å². The summed E-state index contributed by atoms with van der Waals surface area (Å²) in [5, 5.41) is 5.13. The van der Waals surface area contributed by atoms with Crippen molar-refractivity contribution in [3.8, 4) is 11.4 Å². The van der Waals surface area contributed by atoms with Crippen molar-refractivity contribution in [3.05, 3.63) is 53.6 Å². The van der Waals surface area contributed by atoms with Crippen LogP contribution >= 0.6 is 11.6 Å². The molecular formula is C17H16ClN3. The van der Waals surface area contributed by atoms with E-state index in [9.17, 15) is 0 Å². The normalized spacial score (nSPS) is 11.0. The highest BCUT2D eigenvalue weighted by molar-refractivity contribution is 6.30. The quantitative estimate of drug-likeness (QED) is 0.756. The molecule has 0 bridgehead atoms. The van der Waals surface area contributed by atoms with Gasteiger partial charge in [0.25, 0.3) is 0 Å². The number of anilines is 1. The summed E-state index contributed by atoms with van der Waals surface area (Å²) >= 11 is 5.94. The van der Waals surface area contributed by atoms with Crippen LogP contribution in [0.1, 0.15) is 13.8 Å². The monoisotopic (exact) mass is 297 g/mol. The lowest BCUT2D eigenvalue weighted by molar-refractivity contribution is 0.891. The molecule has 0 unspecified atom stereocenters. The summed E-state index contributed by atoms with van der Waals surface area (Å²) in [7, 11) is 0. The van der Waals surface area contributed by atoms with Crippen molar-refractivity contribution in [2.45, 2.75) is 19.9 Å². The van der Waals surface area contributed by atoms with Crippen LogP contribution in [0.15, 0.2) is 48.5 Å². The maximum atomic E-state index is 5.94. The third kappa shape index (κ3) is 2.98. The van der Waals surface area contributed by atoms with E-state index >= 15 is 0 Å². The Hall–Kier alpha value is -2.13. The first-order valence-corrected chi connectivity index (χ1v) is 7.30. The molecule has 21 heavy (non-hydrogen) atoms. The first kappa shape index (κ1) is 13.8. The fraction of sp³-hybridized carbons (Fsp3) is 0.176. The number of fused-ring (bicyclic) bond motifs is 1. The van der Waals surface area contributed by atoms with Crippen molar-refractivity contribution >= 4 is 28.3 Å². The van der Waals surface area contributed by atoms with Crippen molar-refractivity contribution in [3.63, 3.8) is 0 Å². The van der Waals surface area contributed by atoms with Crippen molar-refractivity contribution < 1.29 is 0 Å². The number of para-hydroxylation sites is 1. The Kier molecular flexibility index (Phi) is 3.76. The topological polar surface area (TPSA) is 37.8 Å². The molecule has 2 aromatic carbocycles. The van der Waals surface area contributed by atoms with Gasteiger partial charge in [0, 0.05) is 22.0 Å². The number of rotatable bonds is 3. The average molecular weight is 298 g/mol. The van der Waals surface area contributed by atoms with Crippen LogP contribution in [0, 0.1) is 0 Å². The molecule has 106 valence electrons. The molecule has 0 aliphatic heterocycles. The fourth-order valence-corrected chi connectivity index (χ4v) is 2.31. The van der Waals surface area contributed by atoms with Crippen LogP contribution in [0.5, 0.6) is 0 Å². The molecule has 3 aromatic rings. The molecule has 1 heterocycles. The Labute approximate surface area is 129 Å². The maximum absolute atomic E-state index is 5.94. The van der Waals surface area contributed by atoms with Crippen molar-refractivity contribution in [2.75, 3.05) is 5.32 Å². The number of halogens is 1. The second-order valence-corrected chi connectivity index (χ2v) is 5.66. The van der Waals surface area contributed by atoms with E-state index in [-0.39, 0.29) is 0 Å². The van der Waals surface area contributed by atoms with E-state index in [4.69, 9.17) is 11.6 Å². The first-order valence-electron chi connectivity index (χ1n) is 6.93. The molecule has 0 atom stereocenters. The predicted molar refractivity (Wildman–Crippen MR) is 88.7 cm³/mol. The Bertz CT molecular complexity index is 767. The van der Waals surface area contributed by atoms with Gasteiger partial charge in [-0.05, 0) is 50.2 Å². The van der Waals surface area contributed by atoms with Crippen LogP contribution in [-0.4, -0.2) is 16.0 Å². The van der Waals surface area contributed by atoms with Gasteiger partial charge < -0.3 is 5.32 Å². The molecule has 0 saturated carbocycles. The van der Waals surface area contributed by atoms with Crippen LogP contribution in [0.4, 0.5) is 5.82 Å². The number of nitrogens with one attached hydrogen (secondary N) is 1. The predicted octanol–water partition coefficient (Wildman–Crippen LogP) is 4.77. The molecule has 0 saturated heterocycles.